The van der Waals surface area contributed by atoms with E-state index in [4.69, 9.17) is 16.7 Å². The number of imidazole rings is 1. The summed E-state index contributed by atoms with van der Waals surface area (Å²) in [5.74, 6) is 0. The lowest BCUT2D eigenvalue weighted by molar-refractivity contribution is 0.0904. The Bertz CT molecular complexity index is 514. The maximum absolute atomic E-state index is 9.51. The molecule has 0 amide bonds. The minimum Gasteiger partial charge on any atom is -0.393 e. The van der Waals surface area contributed by atoms with Crippen molar-refractivity contribution in [1.29, 1.82) is 0 Å². The Morgan fingerprint density at radius 3 is 2.75 bits per heavy atom. The number of aliphatic hydroxyl groups excluding tert-OH is 3. The molecule has 0 saturated heterocycles. The van der Waals surface area contributed by atoms with Crippen LogP contribution in [-0.4, -0.2) is 36.5 Å². The highest BCUT2D eigenvalue weighted by molar-refractivity contribution is 6.29. The van der Waals surface area contributed by atoms with Crippen molar-refractivity contribution in [2.75, 3.05) is 6.61 Å². The van der Waals surface area contributed by atoms with Crippen molar-refractivity contribution in [3.05, 3.63) is 28.7 Å². The van der Waals surface area contributed by atoms with Gasteiger partial charge in [-0.3, -0.25) is 0 Å². The zero-order valence-corrected chi connectivity index (χ0v) is 8.96. The summed E-state index contributed by atoms with van der Waals surface area (Å²) in [5, 5.41) is 31.8. The number of hydrogen-bond acceptors (Lipinski definition) is 5. The highest BCUT2D eigenvalue weighted by Crippen LogP contribution is 2.19. The van der Waals surface area contributed by atoms with Gasteiger partial charge in [-0.2, -0.15) is 5.10 Å². The number of nitrogens with zero attached hydrogens (tertiary/aromatic N) is 3. The van der Waals surface area contributed by atoms with Gasteiger partial charge < -0.3 is 15.3 Å². The first kappa shape index (κ1) is 11.3. The Morgan fingerprint density at radius 2 is 2.12 bits per heavy atom. The molecule has 6 nitrogen and oxygen atoms in total. The number of aliphatic hydroxyl groups is 3. The van der Waals surface area contributed by atoms with Crippen LogP contribution in [0, 0.1) is 0 Å². The highest BCUT2D eigenvalue weighted by atomic mass is 35.5. The van der Waals surface area contributed by atoms with Gasteiger partial charge >= 0.3 is 0 Å². The quantitative estimate of drug-likeness (QED) is 0.700. The first-order chi connectivity index (χ1) is 7.67. The first-order valence-electron chi connectivity index (χ1n) is 4.61. The second-order valence-corrected chi connectivity index (χ2v) is 3.61. The van der Waals surface area contributed by atoms with Gasteiger partial charge in [0.25, 0.3) is 0 Å². The van der Waals surface area contributed by atoms with Gasteiger partial charge in [0.1, 0.15) is 11.3 Å². The number of hydrogen-bond donors (Lipinski definition) is 3. The second kappa shape index (κ2) is 4.34. The van der Waals surface area contributed by atoms with Crippen LogP contribution in [0.15, 0.2) is 12.1 Å². The lowest BCUT2D eigenvalue weighted by Gasteiger charge is -2.05. The molecule has 3 N–H and O–H groups in total. The molecular weight excluding hydrogens is 234 g/mol. The summed E-state index contributed by atoms with van der Waals surface area (Å²) in [4.78, 5) is 4.07. The van der Waals surface area contributed by atoms with Gasteiger partial charge in [-0.1, -0.05) is 11.6 Å². The fourth-order valence-corrected chi connectivity index (χ4v) is 1.61. The molecule has 0 fully saturated rings. The van der Waals surface area contributed by atoms with Gasteiger partial charge in [0, 0.05) is 0 Å². The molecule has 1 atom stereocenters. The third-order valence-electron chi connectivity index (χ3n) is 2.21. The monoisotopic (exact) mass is 243 g/mol. The SMILES string of the molecule is OCc1c(C(O)CO)nc2ccc(Cl)nn12. The van der Waals surface area contributed by atoms with Crippen LogP contribution >= 0.6 is 11.6 Å². The van der Waals surface area contributed by atoms with E-state index >= 15 is 0 Å². The topological polar surface area (TPSA) is 90.9 Å². The predicted molar refractivity (Wildman–Crippen MR) is 56.0 cm³/mol. The van der Waals surface area contributed by atoms with Gasteiger partial charge in [-0.05, 0) is 12.1 Å². The van der Waals surface area contributed by atoms with Gasteiger partial charge in [0.05, 0.1) is 24.6 Å². The van der Waals surface area contributed by atoms with Crippen molar-refractivity contribution >= 4 is 17.2 Å². The van der Waals surface area contributed by atoms with Crippen LogP contribution in [0.2, 0.25) is 5.15 Å². The minimum atomic E-state index is -1.14. The standard InChI is InChI=1S/C9H10ClN3O3/c10-7-1-2-8-11-9(6(16)4-15)5(3-14)13(8)12-7/h1-2,6,14-16H,3-4H2. The summed E-state index contributed by atoms with van der Waals surface area (Å²) in [6.07, 6.45) is -1.14. The predicted octanol–water partition coefficient (Wildman–Crippen LogP) is -0.0993. The van der Waals surface area contributed by atoms with E-state index in [0.29, 0.717) is 11.3 Å². The van der Waals surface area contributed by atoms with E-state index in [2.05, 4.69) is 10.1 Å². The van der Waals surface area contributed by atoms with Crippen LogP contribution in [0.5, 0.6) is 0 Å². The largest absolute Gasteiger partial charge is 0.393 e. The molecule has 0 bridgehead atoms. The molecular formula is C9H10ClN3O3. The Balaban J connectivity index is 2.66. The van der Waals surface area contributed by atoms with Crippen molar-refractivity contribution in [2.45, 2.75) is 12.7 Å². The Morgan fingerprint density at radius 1 is 1.38 bits per heavy atom. The second-order valence-electron chi connectivity index (χ2n) is 3.23. The molecule has 2 rings (SSSR count). The molecule has 0 spiro atoms. The maximum atomic E-state index is 9.51. The molecule has 0 aromatic carbocycles. The van der Waals surface area contributed by atoms with Crippen molar-refractivity contribution in [3.8, 4) is 0 Å². The zero-order valence-electron chi connectivity index (χ0n) is 8.21. The van der Waals surface area contributed by atoms with Gasteiger partial charge in [-0.15, -0.1) is 0 Å². The maximum Gasteiger partial charge on any atom is 0.154 e. The molecule has 0 saturated carbocycles. The molecule has 86 valence electrons. The summed E-state index contributed by atoms with van der Waals surface area (Å²) >= 11 is 5.72. The van der Waals surface area contributed by atoms with E-state index in [1.54, 1.807) is 12.1 Å². The Hall–Kier alpha value is -1.21. The van der Waals surface area contributed by atoms with Gasteiger partial charge in [0.2, 0.25) is 0 Å². The molecule has 16 heavy (non-hydrogen) atoms. The lowest BCUT2D eigenvalue weighted by atomic mass is 10.2. The number of fused-ring (bicyclic) bond motifs is 1. The summed E-state index contributed by atoms with van der Waals surface area (Å²) < 4.78 is 1.34. The third-order valence-corrected chi connectivity index (χ3v) is 2.41. The van der Waals surface area contributed by atoms with E-state index in [-0.39, 0.29) is 17.5 Å². The van der Waals surface area contributed by atoms with Crippen LogP contribution < -0.4 is 0 Å². The molecule has 2 aromatic heterocycles. The fraction of sp³-hybridized carbons (Fsp3) is 0.333. The number of halogens is 1. The van der Waals surface area contributed by atoms with E-state index in [0.717, 1.165) is 0 Å². The molecule has 7 heteroatoms. The van der Waals surface area contributed by atoms with E-state index in [1.807, 2.05) is 0 Å². The van der Waals surface area contributed by atoms with Crippen molar-refractivity contribution in [3.63, 3.8) is 0 Å². The van der Waals surface area contributed by atoms with Crippen LogP contribution in [0.3, 0.4) is 0 Å². The first-order valence-corrected chi connectivity index (χ1v) is 4.99. The number of rotatable bonds is 3. The molecule has 0 aliphatic heterocycles. The average molecular weight is 244 g/mol. The third kappa shape index (κ3) is 1.76. The van der Waals surface area contributed by atoms with E-state index in [1.165, 1.54) is 4.52 Å². The average Bonchev–Trinajstić information content (AvgIpc) is 2.65. The summed E-state index contributed by atoms with van der Waals surface area (Å²) in [5.41, 5.74) is 0.981. The Kier molecular flexibility index (Phi) is 3.06. The van der Waals surface area contributed by atoms with Gasteiger partial charge in [-0.25, -0.2) is 9.50 Å². The van der Waals surface area contributed by atoms with Crippen molar-refractivity contribution < 1.29 is 15.3 Å². The van der Waals surface area contributed by atoms with Crippen LogP contribution in [0.25, 0.3) is 5.65 Å². The zero-order chi connectivity index (χ0) is 11.7. The van der Waals surface area contributed by atoms with Crippen molar-refractivity contribution in [2.24, 2.45) is 0 Å². The molecule has 0 aliphatic rings. The fourth-order valence-electron chi connectivity index (χ4n) is 1.47. The van der Waals surface area contributed by atoms with E-state index < -0.39 is 12.7 Å². The molecule has 1 unspecified atom stereocenters. The summed E-state index contributed by atoms with van der Waals surface area (Å²) in [6.45, 7) is -0.814. The number of aromatic nitrogens is 3. The normalized spacial score (nSPS) is 13.2. The van der Waals surface area contributed by atoms with Crippen LogP contribution in [0.4, 0.5) is 0 Å². The van der Waals surface area contributed by atoms with Crippen molar-refractivity contribution in [1.82, 2.24) is 14.6 Å². The molecule has 2 aromatic rings. The molecule has 0 radical (unpaired) electrons. The molecule has 2 heterocycles. The van der Waals surface area contributed by atoms with Crippen LogP contribution in [0.1, 0.15) is 17.5 Å². The van der Waals surface area contributed by atoms with E-state index in [9.17, 15) is 10.2 Å². The highest BCUT2D eigenvalue weighted by Gasteiger charge is 2.18. The van der Waals surface area contributed by atoms with Crippen LogP contribution in [-0.2, 0) is 6.61 Å². The smallest absolute Gasteiger partial charge is 0.154 e. The lowest BCUT2D eigenvalue weighted by Crippen LogP contribution is -2.07. The minimum absolute atomic E-state index is 0.208. The summed E-state index contributed by atoms with van der Waals surface area (Å²) in [7, 11) is 0. The summed E-state index contributed by atoms with van der Waals surface area (Å²) in [6, 6.07) is 3.17. The van der Waals surface area contributed by atoms with Gasteiger partial charge in [0.15, 0.2) is 5.65 Å². The Labute approximate surface area is 95.7 Å². The molecule has 0 aliphatic carbocycles.